The molecule has 1 aromatic rings. The first-order valence-electron chi connectivity index (χ1n) is 4.95. The van der Waals surface area contributed by atoms with E-state index in [2.05, 4.69) is 5.32 Å². The van der Waals surface area contributed by atoms with Crippen molar-refractivity contribution in [1.29, 1.82) is 0 Å². The van der Waals surface area contributed by atoms with Crippen molar-refractivity contribution >= 4 is 23.0 Å². The quantitative estimate of drug-likeness (QED) is 0.653. The number of anilines is 1. The van der Waals surface area contributed by atoms with Crippen LogP contribution in [0.2, 0.25) is 5.02 Å². The fraction of sp³-hybridized carbons (Fsp3) is 0.400. The van der Waals surface area contributed by atoms with Crippen molar-refractivity contribution in [3.05, 3.63) is 33.3 Å². The van der Waals surface area contributed by atoms with Gasteiger partial charge in [-0.3, -0.25) is 10.1 Å². The topological polar surface area (TPSA) is 64.4 Å². The van der Waals surface area contributed by atoms with Gasteiger partial charge in [0, 0.05) is 18.4 Å². The summed E-state index contributed by atoms with van der Waals surface area (Å²) in [4.78, 5) is 10.1. The summed E-state index contributed by atoms with van der Waals surface area (Å²) in [5.74, 6) is 0. The SMILES string of the molecule is O=[N+]([O-])c1ccc(NC2CCOC2)cc1Cl. The van der Waals surface area contributed by atoms with Gasteiger partial charge in [0.2, 0.25) is 0 Å². The minimum atomic E-state index is -0.495. The van der Waals surface area contributed by atoms with Crippen molar-refractivity contribution in [3.63, 3.8) is 0 Å². The number of hydrogen-bond acceptors (Lipinski definition) is 4. The molecule has 1 N–H and O–H groups in total. The second-order valence-electron chi connectivity index (χ2n) is 3.63. The van der Waals surface area contributed by atoms with Crippen LogP contribution in [0.1, 0.15) is 6.42 Å². The average molecular weight is 243 g/mol. The van der Waals surface area contributed by atoms with E-state index in [0.29, 0.717) is 6.61 Å². The van der Waals surface area contributed by atoms with E-state index >= 15 is 0 Å². The van der Waals surface area contributed by atoms with E-state index in [1.165, 1.54) is 6.07 Å². The lowest BCUT2D eigenvalue weighted by atomic mass is 10.2. The second kappa shape index (κ2) is 4.67. The highest BCUT2D eigenvalue weighted by Gasteiger charge is 2.17. The number of nitro groups is 1. The second-order valence-corrected chi connectivity index (χ2v) is 4.04. The van der Waals surface area contributed by atoms with Crippen LogP contribution in [0.15, 0.2) is 18.2 Å². The summed E-state index contributed by atoms with van der Waals surface area (Å²) in [6.45, 7) is 1.41. The summed E-state index contributed by atoms with van der Waals surface area (Å²) in [6, 6.07) is 4.89. The van der Waals surface area contributed by atoms with Crippen LogP contribution in [0.5, 0.6) is 0 Å². The fourth-order valence-electron chi connectivity index (χ4n) is 1.63. The predicted octanol–water partition coefficient (Wildman–Crippen LogP) is 2.45. The Kier molecular flexibility index (Phi) is 3.26. The Balaban J connectivity index is 2.11. The molecule has 1 aliphatic rings. The largest absolute Gasteiger partial charge is 0.380 e. The molecule has 0 bridgehead atoms. The molecule has 86 valence electrons. The van der Waals surface area contributed by atoms with E-state index in [1.807, 2.05) is 0 Å². The number of halogens is 1. The van der Waals surface area contributed by atoms with Crippen molar-refractivity contribution in [2.24, 2.45) is 0 Å². The Bertz CT molecular complexity index is 405. The summed E-state index contributed by atoms with van der Waals surface area (Å²) < 4.78 is 5.22. The van der Waals surface area contributed by atoms with Crippen LogP contribution in [0.4, 0.5) is 11.4 Å². The maximum atomic E-state index is 10.6. The zero-order valence-electron chi connectivity index (χ0n) is 8.48. The Hall–Kier alpha value is -1.33. The first-order chi connectivity index (χ1) is 7.66. The van der Waals surface area contributed by atoms with Gasteiger partial charge in [0.25, 0.3) is 5.69 Å². The van der Waals surface area contributed by atoms with Gasteiger partial charge in [-0.1, -0.05) is 11.6 Å². The first kappa shape index (κ1) is 11.2. The van der Waals surface area contributed by atoms with Crippen molar-refractivity contribution in [1.82, 2.24) is 0 Å². The molecule has 5 nitrogen and oxygen atoms in total. The molecule has 1 saturated heterocycles. The Morgan fingerprint density at radius 3 is 2.94 bits per heavy atom. The maximum absolute atomic E-state index is 10.6. The standard InChI is InChI=1S/C10H11ClN2O3/c11-9-5-7(1-2-10(9)13(14)15)12-8-3-4-16-6-8/h1-2,5,8,12H,3-4,6H2. The summed E-state index contributed by atoms with van der Waals surface area (Å²) in [5.41, 5.74) is 0.709. The number of nitrogens with one attached hydrogen (secondary N) is 1. The highest BCUT2D eigenvalue weighted by atomic mass is 35.5. The lowest BCUT2D eigenvalue weighted by molar-refractivity contribution is -0.384. The van der Waals surface area contributed by atoms with Crippen molar-refractivity contribution < 1.29 is 9.66 Å². The molecule has 1 unspecified atom stereocenters. The van der Waals surface area contributed by atoms with Crippen LogP contribution in [-0.2, 0) is 4.74 Å². The molecule has 2 rings (SSSR count). The molecule has 1 heterocycles. The van der Waals surface area contributed by atoms with Gasteiger partial charge in [0.1, 0.15) is 5.02 Å². The molecule has 1 atom stereocenters. The zero-order valence-corrected chi connectivity index (χ0v) is 9.24. The van der Waals surface area contributed by atoms with E-state index in [4.69, 9.17) is 16.3 Å². The van der Waals surface area contributed by atoms with Crippen LogP contribution in [-0.4, -0.2) is 24.2 Å². The molecular weight excluding hydrogens is 232 g/mol. The predicted molar refractivity (Wildman–Crippen MR) is 61.0 cm³/mol. The van der Waals surface area contributed by atoms with Gasteiger partial charge in [-0.2, -0.15) is 0 Å². The van der Waals surface area contributed by atoms with Crippen LogP contribution < -0.4 is 5.32 Å². The van der Waals surface area contributed by atoms with Crippen LogP contribution in [0, 0.1) is 10.1 Å². The number of rotatable bonds is 3. The van der Waals surface area contributed by atoms with Gasteiger partial charge in [0.05, 0.1) is 17.6 Å². The zero-order chi connectivity index (χ0) is 11.5. The molecule has 6 heteroatoms. The fourth-order valence-corrected chi connectivity index (χ4v) is 1.88. The summed E-state index contributed by atoms with van der Waals surface area (Å²) >= 11 is 5.80. The average Bonchev–Trinajstić information content (AvgIpc) is 2.70. The summed E-state index contributed by atoms with van der Waals surface area (Å²) in [6.07, 6.45) is 0.939. The van der Waals surface area contributed by atoms with E-state index in [1.54, 1.807) is 12.1 Å². The monoisotopic (exact) mass is 242 g/mol. The van der Waals surface area contributed by atoms with Crippen molar-refractivity contribution in [2.75, 3.05) is 18.5 Å². The first-order valence-corrected chi connectivity index (χ1v) is 5.33. The Labute approximate surface area is 97.5 Å². The van der Waals surface area contributed by atoms with Crippen molar-refractivity contribution in [3.8, 4) is 0 Å². The number of nitrogens with zero attached hydrogens (tertiary/aromatic N) is 1. The molecule has 0 spiro atoms. The summed E-state index contributed by atoms with van der Waals surface area (Å²) in [7, 11) is 0. The molecule has 0 saturated carbocycles. The van der Waals surface area contributed by atoms with E-state index in [9.17, 15) is 10.1 Å². The number of nitro benzene ring substituents is 1. The van der Waals surface area contributed by atoms with Gasteiger partial charge in [-0.15, -0.1) is 0 Å². The lowest BCUT2D eigenvalue weighted by Crippen LogP contribution is -2.18. The number of hydrogen-bond donors (Lipinski definition) is 1. The molecular formula is C10H11ClN2O3. The lowest BCUT2D eigenvalue weighted by Gasteiger charge is -2.12. The molecule has 1 fully saturated rings. The van der Waals surface area contributed by atoms with E-state index in [-0.39, 0.29) is 16.8 Å². The number of benzene rings is 1. The van der Waals surface area contributed by atoms with Gasteiger partial charge < -0.3 is 10.1 Å². The molecule has 0 aromatic heterocycles. The normalized spacial score (nSPS) is 19.7. The van der Waals surface area contributed by atoms with E-state index < -0.39 is 4.92 Å². The summed E-state index contributed by atoms with van der Waals surface area (Å²) in [5, 5.41) is 13.9. The Morgan fingerprint density at radius 1 is 1.56 bits per heavy atom. The molecule has 0 amide bonds. The maximum Gasteiger partial charge on any atom is 0.288 e. The highest BCUT2D eigenvalue weighted by Crippen LogP contribution is 2.27. The van der Waals surface area contributed by atoms with Gasteiger partial charge in [0.15, 0.2) is 0 Å². The molecule has 0 radical (unpaired) electrons. The highest BCUT2D eigenvalue weighted by molar-refractivity contribution is 6.32. The molecule has 0 aliphatic carbocycles. The minimum Gasteiger partial charge on any atom is -0.380 e. The molecule has 16 heavy (non-hydrogen) atoms. The smallest absolute Gasteiger partial charge is 0.288 e. The third kappa shape index (κ3) is 2.43. The number of ether oxygens (including phenoxy) is 1. The van der Waals surface area contributed by atoms with Crippen molar-refractivity contribution in [2.45, 2.75) is 12.5 Å². The van der Waals surface area contributed by atoms with Gasteiger partial charge in [-0.25, -0.2) is 0 Å². The van der Waals surface area contributed by atoms with Gasteiger partial charge >= 0.3 is 0 Å². The Morgan fingerprint density at radius 2 is 2.38 bits per heavy atom. The van der Waals surface area contributed by atoms with Crippen LogP contribution in [0.3, 0.4) is 0 Å². The van der Waals surface area contributed by atoms with Crippen LogP contribution >= 0.6 is 11.6 Å². The molecule has 1 aromatic carbocycles. The minimum absolute atomic E-state index is 0.0742. The van der Waals surface area contributed by atoms with Gasteiger partial charge in [-0.05, 0) is 18.6 Å². The third-order valence-electron chi connectivity index (χ3n) is 2.44. The van der Waals surface area contributed by atoms with Crippen LogP contribution in [0.25, 0.3) is 0 Å². The molecule has 1 aliphatic heterocycles. The van der Waals surface area contributed by atoms with E-state index in [0.717, 1.165) is 18.7 Å². The third-order valence-corrected chi connectivity index (χ3v) is 2.75.